The van der Waals surface area contributed by atoms with Crippen LogP contribution in [-0.4, -0.2) is 77.9 Å². The maximum absolute atomic E-state index is 13.3. The first kappa shape index (κ1) is 24.7. The lowest BCUT2D eigenvalue weighted by Crippen LogP contribution is -2.48. The molecule has 2 saturated heterocycles. The molecular formula is C29H34F2N4O. The number of H-pyrrole nitrogens is 1. The smallest absolute Gasteiger partial charge is 0.246 e. The van der Waals surface area contributed by atoms with Crippen molar-refractivity contribution in [2.75, 3.05) is 52.4 Å². The monoisotopic (exact) mass is 492 g/mol. The second-order valence-electron chi connectivity index (χ2n) is 9.96. The number of carbonyl (C=O) groups is 1. The number of nitrogens with zero attached hydrogens (tertiary/aromatic N) is 3. The Balaban J connectivity index is 1.00. The molecule has 0 atom stereocenters. The number of nitrogens with one attached hydrogen (secondary N) is 1. The molecule has 0 bridgehead atoms. The number of rotatable bonds is 7. The Hall–Kier alpha value is -3.03. The topological polar surface area (TPSA) is 42.6 Å². The van der Waals surface area contributed by atoms with Crippen molar-refractivity contribution < 1.29 is 13.6 Å². The van der Waals surface area contributed by atoms with E-state index in [1.807, 2.05) is 6.20 Å². The zero-order chi connectivity index (χ0) is 24.9. The highest BCUT2D eigenvalue weighted by atomic mass is 19.1. The van der Waals surface area contributed by atoms with Gasteiger partial charge in [0.05, 0.1) is 0 Å². The maximum atomic E-state index is 13.3. The molecule has 2 aliphatic heterocycles. The van der Waals surface area contributed by atoms with Gasteiger partial charge in [-0.2, -0.15) is 0 Å². The van der Waals surface area contributed by atoms with Gasteiger partial charge >= 0.3 is 0 Å². The molecule has 7 heteroatoms. The van der Waals surface area contributed by atoms with Crippen molar-refractivity contribution in [2.45, 2.75) is 25.2 Å². The summed E-state index contributed by atoms with van der Waals surface area (Å²) in [5.41, 5.74) is 3.07. The van der Waals surface area contributed by atoms with Gasteiger partial charge in [-0.3, -0.25) is 9.69 Å². The van der Waals surface area contributed by atoms with E-state index in [1.165, 1.54) is 53.6 Å². The molecule has 0 aliphatic carbocycles. The number of halogens is 2. The first-order chi connectivity index (χ1) is 17.5. The molecule has 0 unspecified atom stereocenters. The van der Waals surface area contributed by atoms with E-state index in [4.69, 9.17) is 0 Å². The summed E-state index contributed by atoms with van der Waals surface area (Å²) < 4.78 is 26.6. The summed E-state index contributed by atoms with van der Waals surface area (Å²) in [4.78, 5) is 22.6. The molecular weight excluding hydrogens is 458 g/mol. The molecule has 2 aliphatic rings. The van der Waals surface area contributed by atoms with Gasteiger partial charge in [0.15, 0.2) is 0 Å². The molecule has 5 nitrogen and oxygen atoms in total. The van der Waals surface area contributed by atoms with Gasteiger partial charge in [0.2, 0.25) is 5.91 Å². The van der Waals surface area contributed by atoms with E-state index < -0.39 is 11.6 Å². The predicted molar refractivity (Wildman–Crippen MR) is 140 cm³/mol. The number of piperidine rings is 1. The first-order valence-electron chi connectivity index (χ1n) is 13.0. The summed E-state index contributed by atoms with van der Waals surface area (Å²) in [5.74, 6) is -0.762. The van der Waals surface area contributed by atoms with Gasteiger partial charge in [-0.25, -0.2) is 8.78 Å². The number of fused-ring (bicyclic) bond motifs is 1. The van der Waals surface area contributed by atoms with Crippen LogP contribution in [0.4, 0.5) is 8.78 Å². The Morgan fingerprint density at radius 2 is 1.61 bits per heavy atom. The fraction of sp³-hybridized carbons (Fsp3) is 0.414. The molecule has 1 aromatic heterocycles. The quantitative estimate of drug-likeness (QED) is 0.479. The number of benzene rings is 2. The fourth-order valence-corrected chi connectivity index (χ4v) is 5.59. The number of hydrogen-bond donors (Lipinski definition) is 1. The highest BCUT2D eigenvalue weighted by Crippen LogP contribution is 2.32. The van der Waals surface area contributed by atoms with Gasteiger partial charge in [-0.05, 0) is 92.8 Å². The second-order valence-corrected chi connectivity index (χ2v) is 9.96. The number of piperazine rings is 1. The molecule has 5 rings (SSSR count). The van der Waals surface area contributed by atoms with Gasteiger partial charge in [-0.15, -0.1) is 0 Å². The summed E-state index contributed by atoms with van der Waals surface area (Å²) in [6.45, 7) is 7.53. The number of hydrogen-bond acceptors (Lipinski definition) is 3. The zero-order valence-electron chi connectivity index (χ0n) is 20.6. The van der Waals surface area contributed by atoms with Crippen LogP contribution in [0.25, 0.3) is 17.0 Å². The average molecular weight is 493 g/mol. The SMILES string of the molecule is O=C(/C=C/c1cc(F)cc(F)c1)N1CCN(CCCN2CCC(c3cccc4[nH]ccc34)CC2)CC1. The van der Waals surface area contributed by atoms with Crippen LogP contribution in [-0.2, 0) is 4.79 Å². The van der Waals surface area contributed by atoms with E-state index in [9.17, 15) is 13.6 Å². The van der Waals surface area contributed by atoms with E-state index in [-0.39, 0.29) is 5.91 Å². The minimum absolute atomic E-state index is 0.113. The number of aromatic amines is 1. The van der Waals surface area contributed by atoms with Crippen molar-refractivity contribution in [3.8, 4) is 0 Å². The molecule has 190 valence electrons. The third-order valence-electron chi connectivity index (χ3n) is 7.59. The van der Waals surface area contributed by atoms with Crippen molar-refractivity contribution in [1.82, 2.24) is 19.7 Å². The Morgan fingerprint density at radius 1 is 0.917 bits per heavy atom. The molecule has 0 saturated carbocycles. The van der Waals surface area contributed by atoms with Crippen LogP contribution in [0.5, 0.6) is 0 Å². The second kappa shape index (κ2) is 11.4. The minimum atomic E-state index is -0.644. The average Bonchev–Trinajstić information content (AvgIpc) is 3.37. The largest absolute Gasteiger partial charge is 0.361 e. The van der Waals surface area contributed by atoms with E-state index >= 15 is 0 Å². The minimum Gasteiger partial charge on any atom is -0.361 e. The van der Waals surface area contributed by atoms with Crippen molar-refractivity contribution in [3.05, 3.63) is 77.5 Å². The highest BCUT2D eigenvalue weighted by molar-refractivity contribution is 5.91. The van der Waals surface area contributed by atoms with Gasteiger partial charge in [0, 0.05) is 55.4 Å². The van der Waals surface area contributed by atoms with Crippen LogP contribution >= 0.6 is 0 Å². The standard InChI is InChI=1S/C29H34F2N4O/c30-24-19-22(20-25(31)21-24)5-6-29(36)35-17-15-34(16-18-35)12-2-11-33-13-8-23(9-14-33)26-3-1-4-28-27(26)7-10-32-28/h1,3-7,10,19-21,23,32H,2,8-9,11-18H2/b6-5+. The van der Waals surface area contributed by atoms with Crippen molar-refractivity contribution >= 4 is 22.9 Å². The molecule has 3 aromatic rings. The third kappa shape index (κ3) is 6.02. The Morgan fingerprint density at radius 3 is 2.33 bits per heavy atom. The van der Waals surface area contributed by atoms with Crippen molar-refractivity contribution in [2.24, 2.45) is 0 Å². The molecule has 36 heavy (non-hydrogen) atoms. The normalized spacial score (nSPS) is 18.4. The zero-order valence-corrected chi connectivity index (χ0v) is 20.6. The highest BCUT2D eigenvalue weighted by Gasteiger charge is 2.23. The van der Waals surface area contributed by atoms with E-state index in [1.54, 1.807) is 4.90 Å². The van der Waals surface area contributed by atoms with Gasteiger partial charge < -0.3 is 14.8 Å². The molecule has 1 N–H and O–H groups in total. The molecule has 0 radical (unpaired) electrons. The fourth-order valence-electron chi connectivity index (χ4n) is 5.59. The van der Waals surface area contributed by atoms with Crippen LogP contribution in [0.3, 0.4) is 0 Å². The van der Waals surface area contributed by atoms with Gasteiger partial charge in [0.1, 0.15) is 11.6 Å². The lowest BCUT2D eigenvalue weighted by molar-refractivity contribution is -0.127. The van der Waals surface area contributed by atoms with Crippen molar-refractivity contribution in [3.63, 3.8) is 0 Å². The molecule has 1 amide bonds. The Bertz CT molecular complexity index is 1190. The summed E-state index contributed by atoms with van der Waals surface area (Å²) in [6.07, 6.45) is 8.47. The number of likely N-dealkylation sites (tertiary alicyclic amines) is 1. The van der Waals surface area contributed by atoms with Crippen molar-refractivity contribution in [1.29, 1.82) is 0 Å². The first-order valence-corrected chi connectivity index (χ1v) is 13.0. The van der Waals surface area contributed by atoms with Crippen LogP contribution in [0.1, 0.15) is 36.3 Å². The molecule has 3 heterocycles. The van der Waals surface area contributed by atoms with E-state index in [0.29, 0.717) is 24.6 Å². The van der Waals surface area contributed by atoms with Crippen LogP contribution in [0.2, 0.25) is 0 Å². The summed E-state index contributed by atoms with van der Waals surface area (Å²) in [5, 5.41) is 1.37. The summed E-state index contributed by atoms with van der Waals surface area (Å²) in [6, 6.07) is 12.1. The van der Waals surface area contributed by atoms with Gasteiger partial charge in [0.25, 0.3) is 0 Å². The van der Waals surface area contributed by atoms with Crippen LogP contribution in [0.15, 0.2) is 54.7 Å². The molecule has 2 aromatic carbocycles. The summed E-state index contributed by atoms with van der Waals surface area (Å²) >= 11 is 0. The molecule has 0 spiro atoms. The number of carbonyl (C=O) groups excluding carboxylic acids is 1. The number of aromatic nitrogens is 1. The van der Waals surface area contributed by atoms with E-state index in [2.05, 4.69) is 39.0 Å². The number of amides is 1. The van der Waals surface area contributed by atoms with Crippen LogP contribution < -0.4 is 0 Å². The lowest BCUT2D eigenvalue weighted by Gasteiger charge is -2.35. The third-order valence-corrected chi connectivity index (χ3v) is 7.59. The van der Waals surface area contributed by atoms with Crippen LogP contribution in [0, 0.1) is 11.6 Å². The lowest BCUT2D eigenvalue weighted by atomic mass is 9.87. The Labute approximate surface area is 211 Å². The van der Waals surface area contributed by atoms with Gasteiger partial charge in [-0.1, -0.05) is 12.1 Å². The summed E-state index contributed by atoms with van der Waals surface area (Å²) in [7, 11) is 0. The molecule has 2 fully saturated rings. The predicted octanol–water partition coefficient (Wildman–Crippen LogP) is 4.87. The van der Waals surface area contributed by atoms with E-state index in [0.717, 1.165) is 51.8 Å². The maximum Gasteiger partial charge on any atom is 0.246 e. The Kier molecular flexibility index (Phi) is 7.78.